The number of carbonyl (C=O) groups excluding carboxylic acids is 2. The lowest BCUT2D eigenvalue weighted by atomic mass is 10.1. The number of hydrogen-bond acceptors (Lipinski definition) is 11. The molecule has 2 aromatic rings. The molecule has 0 radical (unpaired) electrons. The van der Waals surface area contributed by atoms with Crippen LogP contribution in [0.5, 0.6) is 0 Å². The Kier molecular flexibility index (Phi) is 10.7. The molecule has 1 saturated heterocycles. The van der Waals surface area contributed by atoms with Crippen LogP contribution in [-0.2, 0) is 40.3 Å². The summed E-state index contributed by atoms with van der Waals surface area (Å²) >= 11 is 1.37. The Bertz CT molecular complexity index is 1440. The van der Waals surface area contributed by atoms with Gasteiger partial charge in [-0.1, -0.05) is 17.3 Å². The zero-order valence-electron chi connectivity index (χ0n) is 25.4. The zero-order valence-corrected chi connectivity index (χ0v) is 27.1. The molecule has 0 bridgehead atoms. The van der Waals surface area contributed by atoms with Gasteiger partial charge in [0.2, 0.25) is 5.91 Å². The van der Waals surface area contributed by atoms with Crippen LogP contribution in [0, 0.1) is 0 Å². The van der Waals surface area contributed by atoms with E-state index in [-0.39, 0.29) is 46.6 Å². The first-order valence-electron chi connectivity index (χ1n) is 15.1. The van der Waals surface area contributed by atoms with Gasteiger partial charge >= 0.3 is 0 Å². The second kappa shape index (κ2) is 14.5. The number of rotatable bonds is 13. The van der Waals surface area contributed by atoms with E-state index in [1.807, 2.05) is 18.7 Å². The highest BCUT2D eigenvalue weighted by Crippen LogP contribution is 2.33. The fraction of sp³-hybridized carbons (Fsp3) is 0.600. The van der Waals surface area contributed by atoms with Gasteiger partial charge in [-0.3, -0.25) is 19.8 Å². The van der Waals surface area contributed by atoms with Crippen LogP contribution >= 0.6 is 11.3 Å². The Labute approximate surface area is 262 Å². The number of nitrogens with zero attached hydrogens (tertiary/aromatic N) is 4. The molecule has 44 heavy (non-hydrogen) atoms. The van der Waals surface area contributed by atoms with E-state index < -0.39 is 15.7 Å². The summed E-state index contributed by atoms with van der Waals surface area (Å²) in [6, 6.07) is 6.31. The molecule has 3 atom stereocenters. The third kappa shape index (κ3) is 8.02. The lowest BCUT2D eigenvalue weighted by Gasteiger charge is -2.39. The average Bonchev–Trinajstić information content (AvgIpc) is 3.64. The molecule has 3 fully saturated rings. The van der Waals surface area contributed by atoms with Crippen molar-refractivity contribution >= 4 is 43.8 Å². The molecule has 240 valence electrons. The third-order valence-corrected chi connectivity index (χ3v) is 11.3. The van der Waals surface area contributed by atoms with E-state index in [9.17, 15) is 18.0 Å². The molecule has 2 saturated carbocycles. The maximum absolute atomic E-state index is 13.5. The van der Waals surface area contributed by atoms with Gasteiger partial charge in [0, 0.05) is 69.0 Å². The number of methoxy groups -OCH3 is 1. The average molecular weight is 648 g/mol. The first kappa shape index (κ1) is 32.5. The zero-order chi connectivity index (χ0) is 31.3. The predicted octanol–water partition coefficient (Wildman–Crippen LogP) is 3.08. The molecule has 1 aromatic carbocycles. The van der Waals surface area contributed by atoms with Crippen molar-refractivity contribution in [3.8, 4) is 0 Å². The maximum atomic E-state index is 13.5. The third-order valence-electron chi connectivity index (χ3n) is 8.12. The fourth-order valence-corrected chi connectivity index (χ4v) is 8.18. The van der Waals surface area contributed by atoms with Crippen molar-refractivity contribution in [3.05, 3.63) is 40.9 Å². The summed E-state index contributed by atoms with van der Waals surface area (Å²) in [5, 5.41) is 7.23. The number of ether oxygens (including phenoxy) is 2. The molecule has 0 unspecified atom stereocenters. The summed E-state index contributed by atoms with van der Waals surface area (Å²) in [5.41, 5.74) is 0.492. The van der Waals surface area contributed by atoms with Crippen LogP contribution in [0.3, 0.4) is 0 Å². The topological polar surface area (TPSA) is 140 Å². The van der Waals surface area contributed by atoms with Gasteiger partial charge in [0.1, 0.15) is 12.7 Å². The van der Waals surface area contributed by atoms with Gasteiger partial charge in [-0.25, -0.2) is 13.4 Å². The molecule has 2 amide bonds. The molecule has 12 nitrogen and oxygen atoms in total. The van der Waals surface area contributed by atoms with Gasteiger partial charge in [-0.2, -0.15) is 0 Å². The molecule has 14 heteroatoms. The highest BCUT2D eigenvalue weighted by atomic mass is 32.2. The van der Waals surface area contributed by atoms with Crippen molar-refractivity contribution in [2.24, 2.45) is 5.16 Å². The molecule has 1 aliphatic heterocycles. The number of hydrogen-bond donors (Lipinski definition) is 1. The first-order valence-corrected chi connectivity index (χ1v) is 17.5. The van der Waals surface area contributed by atoms with Gasteiger partial charge in [-0.05, 0) is 51.7 Å². The van der Waals surface area contributed by atoms with Crippen molar-refractivity contribution in [2.45, 2.75) is 80.9 Å². The van der Waals surface area contributed by atoms with Crippen LogP contribution in [0.15, 0.2) is 40.5 Å². The number of benzene rings is 1. The molecular weight excluding hydrogens is 606 g/mol. The number of carbonyl (C=O) groups is 2. The molecule has 0 spiro atoms. The van der Waals surface area contributed by atoms with E-state index in [4.69, 9.17) is 14.3 Å². The normalized spacial score (nSPS) is 23.1. The minimum atomic E-state index is -3.36. The molecule has 3 aliphatic rings. The summed E-state index contributed by atoms with van der Waals surface area (Å²) < 4.78 is 36.1. The largest absolute Gasteiger partial charge is 0.392 e. The Morgan fingerprint density at radius 3 is 2.55 bits per heavy atom. The van der Waals surface area contributed by atoms with E-state index in [0.29, 0.717) is 49.7 Å². The van der Waals surface area contributed by atoms with Crippen molar-refractivity contribution in [1.29, 1.82) is 0 Å². The molecule has 1 N–H and O–H groups in total. The first-order chi connectivity index (χ1) is 21.2. The summed E-state index contributed by atoms with van der Waals surface area (Å²) in [4.78, 5) is 41.4. The molecule has 2 heterocycles. The summed E-state index contributed by atoms with van der Waals surface area (Å²) in [7, 11) is -1.84. The van der Waals surface area contributed by atoms with Gasteiger partial charge in [0.25, 0.3) is 5.91 Å². The molecule has 5 rings (SSSR count). The summed E-state index contributed by atoms with van der Waals surface area (Å²) in [6.07, 6.45) is 5.34. The number of thiazole rings is 1. The number of sulfone groups is 1. The monoisotopic (exact) mass is 647 g/mol. The van der Waals surface area contributed by atoms with Crippen LogP contribution in [0.4, 0.5) is 5.13 Å². The van der Waals surface area contributed by atoms with Crippen LogP contribution < -0.4 is 5.32 Å². The minimum Gasteiger partial charge on any atom is -0.392 e. The Hall–Kier alpha value is -2.91. The van der Waals surface area contributed by atoms with Gasteiger partial charge in [0.05, 0.1) is 16.2 Å². The predicted molar refractivity (Wildman–Crippen MR) is 166 cm³/mol. The standard InChI is InChI=1S/C30H41N5O7S2/c1-4-41-22-7-8-23(15-22)42-33-28(21-5-9-25(10-6-21)44(38,39)26-11-12-26)29(37)32-30-31-16-24(43-30)18-34-13-14-35(20(2)17-34)27(36)19-40-3/h5-6,9-10,16,20,22-23,26H,4,7-8,11-15,17-19H2,1-3H3,(H,31,32,37)/b33-28+/t20-,22+,23+/m0/s1. The number of piperazine rings is 1. The van der Waals surface area contributed by atoms with Crippen molar-refractivity contribution < 1.29 is 32.3 Å². The van der Waals surface area contributed by atoms with Gasteiger partial charge in [-0.15, -0.1) is 11.3 Å². The summed E-state index contributed by atoms with van der Waals surface area (Å²) in [5.74, 6) is -0.507. The number of aromatic nitrogens is 1. The fourth-order valence-electron chi connectivity index (χ4n) is 5.68. The number of oxime groups is 1. The SMILES string of the molecule is CCO[C@@H]1CC[C@@H](O/N=C(/C(=O)Nc2ncc(CN3CCN(C(=O)COC)[C@@H](C)C3)s2)c2ccc(S(=O)(=O)C3CC3)cc2)C1. The Morgan fingerprint density at radius 1 is 1.11 bits per heavy atom. The summed E-state index contributed by atoms with van der Waals surface area (Å²) in [6.45, 7) is 7.41. The smallest absolute Gasteiger partial charge is 0.280 e. The second-order valence-corrected chi connectivity index (χ2v) is 14.9. The van der Waals surface area contributed by atoms with E-state index in [1.54, 1.807) is 18.3 Å². The number of anilines is 1. The van der Waals surface area contributed by atoms with E-state index in [1.165, 1.54) is 30.6 Å². The highest BCUT2D eigenvalue weighted by molar-refractivity contribution is 7.92. The Morgan fingerprint density at radius 2 is 1.86 bits per heavy atom. The molecular formula is C30H41N5O7S2. The van der Waals surface area contributed by atoms with E-state index in [0.717, 1.165) is 30.8 Å². The van der Waals surface area contributed by atoms with Gasteiger partial charge in [0.15, 0.2) is 20.7 Å². The lowest BCUT2D eigenvalue weighted by Crippen LogP contribution is -2.54. The quantitative estimate of drug-likeness (QED) is 0.257. The van der Waals surface area contributed by atoms with Crippen LogP contribution in [-0.4, -0.2) is 104 Å². The van der Waals surface area contributed by atoms with Crippen molar-refractivity contribution in [1.82, 2.24) is 14.8 Å². The van der Waals surface area contributed by atoms with Crippen molar-refractivity contribution in [3.63, 3.8) is 0 Å². The molecule has 2 aliphatic carbocycles. The second-order valence-electron chi connectivity index (χ2n) is 11.5. The lowest BCUT2D eigenvalue weighted by molar-refractivity contribution is -0.139. The van der Waals surface area contributed by atoms with Crippen LogP contribution in [0.1, 0.15) is 56.4 Å². The van der Waals surface area contributed by atoms with Crippen LogP contribution in [0.25, 0.3) is 0 Å². The Balaban J connectivity index is 1.25. The van der Waals surface area contributed by atoms with Crippen molar-refractivity contribution in [2.75, 3.05) is 45.3 Å². The highest BCUT2D eigenvalue weighted by Gasteiger charge is 2.37. The minimum absolute atomic E-state index is 0.00916. The van der Waals surface area contributed by atoms with Gasteiger partial charge < -0.3 is 19.2 Å². The van der Waals surface area contributed by atoms with E-state index in [2.05, 4.69) is 20.4 Å². The van der Waals surface area contributed by atoms with Crippen LogP contribution in [0.2, 0.25) is 0 Å². The maximum Gasteiger partial charge on any atom is 0.280 e. The number of amides is 2. The van der Waals surface area contributed by atoms with E-state index >= 15 is 0 Å². The molecule has 1 aromatic heterocycles. The number of nitrogens with one attached hydrogen (secondary N) is 1.